The van der Waals surface area contributed by atoms with Crippen molar-refractivity contribution in [3.63, 3.8) is 0 Å². The van der Waals surface area contributed by atoms with Crippen LogP contribution >= 0.6 is 0 Å². The molecular weight excluding hydrogens is 358 g/mol. The number of nitrogens with one attached hydrogen (secondary N) is 1. The molecule has 1 aromatic carbocycles. The quantitative estimate of drug-likeness (QED) is 0.714. The molecule has 1 N–H and O–H groups in total. The molecule has 142 valence electrons. The van der Waals surface area contributed by atoms with Crippen molar-refractivity contribution in [3.05, 3.63) is 35.7 Å². The Morgan fingerprint density at radius 1 is 1.23 bits per heavy atom. The van der Waals surface area contributed by atoms with Crippen LogP contribution in [0.5, 0.6) is 11.5 Å². The normalized spacial score (nSPS) is 11.1. The van der Waals surface area contributed by atoms with Gasteiger partial charge in [-0.3, -0.25) is 9.48 Å². The van der Waals surface area contributed by atoms with Crippen LogP contribution in [0.2, 0.25) is 0 Å². The zero-order valence-electron chi connectivity index (χ0n) is 14.0. The number of hydrogen-bond donors (Lipinski definition) is 1. The minimum atomic E-state index is -3.02. The van der Waals surface area contributed by atoms with Gasteiger partial charge in [0.05, 0.1) is 12.3 Å². The highest BCUT2D eigenvalue weighted by atomic mass is 19.3. The molecular formula is C16H17F4N3O3. The Bertz CT molecular complexity index is 765. The van der Waals surface area contributed by atoms with Gasteiger partial charge in [-0.1, -0.05) is 0 Å². The Kier molecular flexibility index (Phi) is 6.42. The van der Waals surface area contributed by atoms with Gasteiger partial charge >= 0.3 is 6.61 Å². The molecule has 10 heteroatoms. The number of benzene rings is 1. The Morgan fingerprint density at radius 3 is 2.58 bits per heavy atom. The molecule has 0 aliphatic carbocycles. The molecule has 0 unspecified atom stereocenters. The molecule has 6 nitrogen and oxygen atoms in total. The first-order chi connectivity index (χ1) is 12.3. The second kappa shape index (κ2) is 8.54. The number of carbonyl (C=O) groups excluding carboxylic acids is 1. The Labute approximate surface area is 146 Å². The number of anilines is 1. The van der Waals surface area contributed by atoms with Crippen LogP contribution in [-0.2, 0) is 11.3 Å². The third-order valence-corrected chi connectivity index (χ3v) is 3.19. The van der Waals surface area contributed by atoms with Crippen molar-refractivity contribution < 1.29 is 31.8 Å². The summed E-state index contributed by atoms with van der Waals surface area (Å²) in [5.74, 6) is -0.767. The predicted octanol–water partition coefficient (Wildman–Crippen LogP) is 3.77. The van der Waals surface area contributed by atoms with Gasteiger partial charge < -0.3 is 14.8 Å². The first-order valence-corrected chi connectivity index (χ1v) is 7.64. The molecule has 1 heterocycles. The molecule has 0 saturated carbocycles. The van der Waals surface area contributed by atoms with Crippen LogP contribution in [0, 0.1) is 6.92 Å². The van der Waals surface area contributed by atoms with Gasteiger partial charge in [0.2, 0.25) is 5.91 Å². The number of rotatable bonds is 8. The number of aryl methyl sites for hydroxylation is 1. The molecule has 0 aliphatic heterocycles. The zero-order chi connectivity index (χ0) is 19.3. The average Bonchev–Trinajstić information content (AvgIpc) is 2.90. The van der Waals surface area contributed by atoms with Gasteiger partial charge in [0.15, 0.2) is 11.5 Å². The third kappa shape index (κ3) is 5.11. The lowest BCUT2D eigenvalue weighted by Crippen LogP contribution is -2.21. The third-order valence-electron chi connectivity index (χ3n) is 3.19. The molecule has 0 saturated heterocycles. The molecule has 1 aromatic heterocycles. The van der Waals surface area contributed by atoms with Crippen molar-refractivity contribution in [1.29, 1.82) is 0 Å². The van der Waals surface area contributed by atoms with Crippen LogP contribution in [0.3, 0.4) is 0 Å². The first kappa shape index (κ1) is 19.5. The molecule has 0 aliphatic rings. The molecule has 0 radical (unpaired) electrons. The second-order valence-electron chi connectivity index (χ2n) is 5.19. The predicted molar refractivity (Wildman–Crippen MR) is 84.8 cm³/mol. The number of halogens is 4. The molecule has 1 amide bonds. The summed E-state index contributed by atoms with van der Waals surface area (Å²) < 4.78 is 61.0. The van der Waals surface area contributed by atoms with Gasteiger partial charge in [-0.25, -0.2) is 8.78 Å². The van der Waals surface area contributed by atoms with Gasteiger partial charge in [0.25, 0.3) is 6.43 Å². The summed E-state index contributed by atoms with van der Waals surface area (Å²) in [6.45, 7) is -0.0567. The van der Waals surface area contributed by atoms with Crippen LogP contribution < -0.4 is 14.8 Å². The van der Waals surface area contributed by atoms with E-state index in [0.29, 0.717) is 5.69 Å². The summed E-state index contributed by atoms with van der Waals surface area (Å²) in [5, 5.41) is 6.33. The fourth-order valence-corrected chi connectivity index (χ4v) is 2.25. The lowest BCUT2D eigenvalue weighted by atomic mass is 10.2. The van der Waals surface area contributed by atoms with Crippen LogP contribution in [0.1, 0.15) is 24.7 Å². The number of ether oxygens (including phenoxy) is 2. The van der Waals surface area contributed by atoms with Gasteiger partial charge in [-0.05, 0) is 32.0 Å². The second-order valence-corrected chi connectivity index (χ2v) is 5.19. The van der Waals surface area contributed by atoms with E-state index >= 15 is 0 Å². The summed E-state index contributed by atoms with van der Waals surface area (Å²) in [5.41, 5.74) is 0.233. The van der Waals surface area contributed by atoms with Crippen LogP contribution in [0.15, 0.2) is 24.3 Å². The SMILES string of the molecule is CCOc1cc(NC(=O)Cn2nc(C)cc2C(F)F)ccc1OC(F)F. The van der Waals surface area contributed by atoms with E-state index in [1.165, 1.54) is 31.2 Å². The van der Waals surface area contributed by atoms with Crippen molar-refractivity contribution in [3.8, 4) is 11.5 Å². The van der Waals surface area contributed by atoms with E-state index in [9.17, 15) is 22.4 Å². The monoisotopic (exact) mass is 375 g/mol. The highest BCUT2D eigenvalue weighted by molar-refractivity contribution is 5.90. The van der Waals surface area contributed by atoms with Crippen molar-refractivity contribution in [1.82, 2.24) is 9.78 Å². The topological polar surface area (TPSA) is 65.4 Å². The molecule has 2 rings (SSSR count). The summed E-state index contributed by atoms with van der Waals surface area (Å²) in [4.78, 5) is 12.1. The maximum Gasteiger partial charge on any atom is 0.387 e. The minimum Gasteiger partial charge on any atom is -0.490 e. The average molecular weight is 375 g/mol. The van der Waals surface area contributed by atoms with E-state index in [4.69, 9.17) is 4.74 Å². The molecule has 26 heavy (non-hydrogen) atoms. The van der Waals surface area contributed by atoms with Gasteiger partial charge in [-0.15, -0.1) is 0 Å². The Hall–Kier alpha value is -2.78. The lowest BCUT2D eigenvalue weighted by molar-refractivity contribution is -0.117. The minimum absolute atomic E-state index is 0.0220. The Morgan fingerprint density at radius 2 is 1.96 bits per heavy atom. The summed E-state index contributed by atoms with van der Waals surface area (Å²) in [6.07, 6.45) is -2.76. The molecule has 0 bridgehead atoms. The van der Waals surface area contributed by atoms with Crippen molar-refractivity contribution in [2.45, 2.75) is 33.4 Å². The van der Waals surface area contributed by atoms with Gasteiger partial charge in [0.1, 0.15) is 12.2 Å². The summed E-state index contributed by atoms with van der Waals surface area (Å²) in [7, 11) is 0. The largest absolute Gasteiger partial charge is 0.490 e. The van der Waals surface area contributed by atoms with E-state index in [1.54, 1.807) is 6.92 Å². The summed E-state index contributed by atoms with van der Waals surface area (Å²) in [6, 6.07) is 5.05. The van der Waals surface area contributed by atoms with E-state index in [2.05, 4.69) is 15.2 Å². The molecule has 0 atom stereocenters. The van der Waals surface area contributed by atoms with Crippen LogP contribution in [-0.4, -0.2) is 28.9 Å². The maximum atomic E-state index is 12.9. The highest BCUT2D eigenvalue weighted by Crippen LogP contribution is 2.31. The molecule has 2 aromatic rings. The Balaban J connectivity index is 2.12. The van der Waals surface area contributed by atoms with E-state index in [1.807, 2.05) is 0 Å². The fourth-order valence-electron chi connectivity index (χ4n) is 2.25. The number of nitrogens with zero attached hydrogens (tertiary/aromatic N) is 2. The number of alkyl halides is 4. The van der Waals surface area contributed by atoms with Crippen molar-refractivity contribution in [2.24, 2.45) is 0 Å². The van der Waals surface area contributed by atoms with Gasteiger partial charge in [-0.2, -0.15) is 13.9 Å². The van der Waals surface area contributed by atoms with E-state index in [0.717, 1.165) is 4.68 Å². The number of amides is 1. The standard InChI is InChI=1S/C16H17F4N3O3/c1-3-25-13-7-10(4-5-12(13)26-16(19)20)21-14(24)8-23-11(15(17)18)6-9(2)22-23/h4-7,15-16H,3,8H2,1-2H3,(H,21,24). The van der Waals surface area contributed by atoms with E-state index < -0.39 is 25.5 Å². The highest BCUT2D eigenvalue weighted by Gasteiger charge is 2.18. The van der Waals surface area contributed by atoms with Crippen LogP contribution in [0.25, 0.3) is 0 Å². The fraction of sp³-hybridized carbons (Fsp3) is 0.375. The molecule has 0 spiro atoms. The van der Waals surface area contributed by atoms with Gasteiger partial charge in [0, 0.05) is 11.8 Å². The number of hydrogen-bond acceptors (Lipinski definition) is 4. The van der Waals surface area contributed by atoms with Crippen molar-refractivity contribution >= 4 is 11.6 Å². The van der Waals surface area contributed by atoms with E-state index in [-0.39, 0.29) is 29.5 Å². The smallest absolute Gasteiger partial charge is 0.387 e. The zero-order valence-corrected chi connectivity index (χ0v) is 14.0. The number of aromatic nitrogens is 2. The maximum absolute atomic E-state index is 12.9. The molecule has 0 fully saturated rings. The van der Waals surface area contributed by atoms with Crippen molar-refractivity contribution in [2.75, 3.05) is 11.9 Å². The first-order valence-electron chi connectivity index (χ1n) is 7.64. The van der Waals surface area contributed by atoms with Crippen LogP contribution in [0.4, 0.5) is 23.2 Å². The summed E-state index contributed by atoms with van der Waals surface area (Å²) >= 11 is 0. The number of carbonyl (C=O) groups is 1. The lowest BCUT2D eigenvalue weighted by Gasteiger charge is -2.13.